The zero-order chi connectivity index (χ0) is 13.0. The Morgan fingerprint density at radius 1 is 1.39 bits per heavy atom. The summed E-state index contributed by atoms with van der Waals surface area (Å²) in [5, 5.41) is 3.44. The predicted octanol–water partition coefficient (Wildman–Crippen LogP) is 1.77. The third kappa shape index (κ3) is 3.03. The highest BCUT2D eigenvalue weighted by Gasteiger charge is 2.05. The molecule has 0 aliphatic carbocycles. The van der Waals surface area contributed by atoms with Crippen molar-refractivity contribution < 1.29 is 4.57 Å². The molecule has 0 radical (unpaired) electrons. The molecular formula is C14H21N4+. The molecule has 0 spiro atoms. The van der Waals surface area contributed by atoms with Crippen LogP contribution in [-0.4, -0.2) is 11.5 Å². The quantitative estimate of drug-likeness (QED) is 0.427. The first-order valence-corrected chi connectivity index (χ1v) is 6.28. The predicted molar refractivity (Wildman–Crippen MR) is 74.4 cm³/mol. The highest BCUT2D eigenvalue weighted by Crippen LogP contribution is 2.17. The average Bonchev–Trinajstić information content (AvgIpc) is 2.73. The Labute approximate surface area is 108 Å². The van der Waals surface area contributed by atoms with Gasteiger partial charge >= 0.3 is 0 Å². The third-order valence-corrected chi connectivity index (χ3v) is 3.13. The van der Waals surface area contributed by atoms with E-state index < -0.39 is 0 Å². The molecule has 0 fully saturated rings. The van der Waals surface area contributed by atoms with Crippen LogP contribution in [0.25, 0.3) is 0 Å². The zero-order valence-electron chi connectivity index (χ0n) is 11.0. The fraction of sp³-hybridized carbons (Fsp3) is 0.357. The number of H-pyrrole nitrogens is 1. The Morgan fingerprint density at radius 3 is 2.89 bits per heavy atom. The van der Waals surface area contributed by atoms with Crippen molar-refractivity contribution in [2.24, 2.45) is 7.05 Å². The van der Waals surface area contributed by atoms with Gasteiger partial charge in [0.05, 0.1) is 13.5 Å². The van der Waals surface area contributed by atoms with Gasteiger partial charge in [-0.25, -0.2) is 9.55 Å². The summed E-state index contributed by atoms with van der Waals surface area (Å²) in [6.07, 6.45) is 6.14. The van der Waals surface area contributed by atoms with Crippen molar-refractivity contribution in [1.82, 2.24) is 4.98 Å². The van der Waals surface area contributed by atoms with Gasteiger partial charge in [-0.3, -0.25) is 0 Å². The molecule has 0 atom stereocenters. The second kappa shape index (κ2) is 5.58. The van der Waals surface area contributed by atoms with E-state index in [9.17, 15) is 0 Å². The van der Waals surface area contributed by atoms with Gasteiger partial charge in [0.25, 0.3) is 5.82 Å². The topological polar surface area (TPSA) is 57.7 Å². The second-order valence-corrected chi connectivity index (χ2v) is 4.62. The molecule has 1 heterocycles. The summed E-state index contributed by atoms with van der Waals surface area (Å²) < 4.78 is 2.12. The van der Waals surface area contributed by atoms with E-state index in [1.54, 1.807) is 0 Å². The van der Waals surface area contributed by atoms with E-state index in [4.69, 9.17) is 5.73 Å². The van der Waals surface area contributed by atoms with E-state index in [2.05, 4.69) is 28.8 Å². The molecule has 1 aromatic heterocycles. The summed E-state index contributed by atoms with van der Waals surface area (Å²) in [7, 11) is 2.06. The van der Waals surface area contributed by atoms with Crippen molar-refractivity contribution >= 4 is 11.4 Å². The van der Waals surface area contributed by atoms with Crippen LogP contribution in [0.3, 0.4) is 0 Å². The molecule has 0 amide bonds. The van der Waals surface area contributed by atoms with Gasteiger partial charge in [-0.1, -0.05) is 0 Å². The summed E-state index contributed by atoms with van der Waals surface area (Å²) >= 11 is 0. The number of nitrogen functional groups attached to an aromatic ring is 1. The molecule has 4 nitrogen and oxygen atoms in total. The summed E-state index contributed by atoms with van der Waals surface area (Å²) in [5.74, 6) is 1.26. The molecular weight excluding hydrogens is 224 g/mol. The zero-order valence-corrected chi connectivity index (χ0v) is 11.0. The molecule has 2 aromatic rings. The molecule has 96 valence electrons. The minimum Gasteiger partial charge on any atom is -0.399 e. The van der Waals surface area contributed by atoms with Crippen molar-refractivity contribution in [2.45, 2.75) is 19.8 Å². The Kier molecular flexibility index (Phi) is 3.87. The fourth-order valence-corrected chi connectivity index (χ4v) is 2.05. The molecule has 4 heteroatoms. The first kappa shape index (κ1) is 12.5. The van der Waals surface area contributed by atoms with E-state index >= 15 is 0 Å². The maximum atomic E-state index is 5.73. The number of hydrogen-bond donors (Lipinski definition) is 3. The molecule has 0 saturated heterocycles. The van der Waals surface area contributed by atoms with Gasteiger partial charge < -0.3 is 11.1 Å². The summed E-state index contributed by atoms with van der Waals surface area (Å²) in [6.45, 7) is 3.04. The Bertz CT molecular complexity index is 516. The SMILES string of the molecule is Cc1cc(N)ccc1NCCCc1[nH]cc[n+]1C. The van der Waals surface area contributed by atoms with E-state index in [1.165, 1.54) is 17.1 Å². The Morgan fingerprint density at radius 2 is 2.22 bits per heavy atom. The minimum absolute atomic E-state index is 0.816. The van der Waals surface area contributed by atoms with Gasteiger partial charge in [0, 0.05) is 17.9 Å². The number of hydrogen-bond acceptors (Lipinski definition) is 2. The lowest BCUT2D eigenvalue weighted by molar-refractivity contribution is -0.677. The van der Waals surface area contributed by atoms with Crippen molar-refractivity contribution in [2.75, 3.05) is 17.6 Å². The van der Waals surface area contributed by atoms with Crippen LogP contribution in [0.4, 0.5) is 11.4 Å². The van der Waals surface area contributed by atoms with E-state index in [-0.39, 0.29) is 0 Å². The molecule has 0 aliphatic rings. The molecule has 0 bridgehead atoms. The van der Waals surface area contributed by atoms with E-state index in [1.807, 2.05) is 30.6 Å². The smallest absolute Gasteiger partial charge is 0.254 e. The number of imidazole rings is 1. The standard InChI is InChI=1S/C14H20N4/c1-11-10-12(15)5-6-13(11)16-7-3-4-14-17-8-9-18(14)2/h5-6,8-10,16H,3-4,7,15H2,1-2H3/p+1. The number of nitrogens with one attached hydrogen (secondary N) is 2. The number of aryl methyl sites for hydroxylation is 3. The highest BCUT2D eigenvalue weighted by atomic mass is 15.0. The lowest BCUT2D eigenvalue weighted by Crippen LogP contribution is -2.30. The average molecular weight is 245 g/mol. The van der Waals surface area contributed by atoms with Crippen LogP contribution in [0.5, 0.6) is 0 Å². The minimum atomic E-state index is 0.816. The van der Waals surface area contributed by atoms with Crippen molar-refractivity contribution in [3.63, 3.8) is 0 Å². The van der Waals surface area contributed by atoms with Gasteiger partial charge in [0.1, 0.15) is 12.4 Å². The molecule has 18 heavy (non-hydrogen) atoms. The maximum absolute atomic E-state index is 5.73. The molecule has 1 aromatic carbocycles. The molecule has 0 aliphatic heterocycles. The normalized spacial score (nSPS) is 10.6. The van der Waals surface area contributed by atoms with Crippen molar-refractivity contribution in [3.8, 4) is 0 Å². The summed E-state index contributed by atoms with van der Waals surface area (Å²) in [5.41, 5.74) is 8.91. The van der Waals surface area contributed by atoms with Crippen LogP contribution in [0.1, 0.15) is 17.8 Å². The molecule has 4 N–H and O–H groups in total. The lowest BCUT2D eigenvalue weighted by Gasteiger charge is -2.09. The monoisotopic (exact) mass is 245 g/mol. The van der Waals surface area contributed by atoms with Crippen LogP contribution >= 0.6 is 0 Å². The van der Waals surface area contributed by atoms with Gasteiger partial charge in [-0.15, -0.1) is 0 Å². The number of nitrogens with zero attached hydrogens (tertiary/aromatic N) is 1. The van der Waals surface area contributed by atoms with Gasteiger partial charge in [0.15, 0.2) is 0 Å². The van der Waals surface area contributed by atoms with Crippen molar-refractivity contribution in [1.29, 1.82) is 0 Å². The lowest BCUT2D eigenvalue weighted by atomic mass is 10.1. The van der Waals surface area contributed by atoms with Crippen LogP contribution in [0.2, 0.25) is 0 Å². The van der Waals surface area contributed by atoms with Gasteiger partial charge in [0.2, 0.25) is 0 Å². The largest absolute Gasteiger partial charge is 0.399 e. The Hall–Kier alpha value is -1.97. The first-order chi connectivity index (χ1) is 8.66. The number of anilines is 2. The van der Waals surface area contributed by atoms with Crippen LogP contribution in [0, 0.1) is 6.92 Å². The van der Waals surface area contributed by atoms with E-state index in [0.717, 1.165) is 25.1 Å². The van der Waals surface area contributed by atoms with Crippen molar-refractivity contribution in [3.05, 3.63) is 42.0 Å². The number of aromatic nitrogens is 2. The molecule has 0 saturated carbocycles. The molecule has 0 unspecified atom stereocenters. The first-order valence-electron chi connectivity index (χ1n) is 6.28. The highest BCUT2D eigenvalue weighted by molar-refractivity contribution is 5.57. The number of benzene rings is 1. The van der Waals surface area contributed by atoms with Crippen LogP contribution < -0.4 is 15.6 Å². The number of nitrogens with two attached hydrogens (primary N) is 1. The second-order valence-electron chi connectivity index (χ2n) is 4.62. The fourth-order valence-electron chi connectivity index (χ4n) is 2.05. The third-order valence-electron chi connectivity index (χ3n) is 3.13. The van der Waals surface area contributed by atoms with Gasteiger partial charge in [-0.05, 0) is 37.1 Å². The maximum Gasteiger partial charge on any atom is 0.254 e. The van der Waals surface area contributed by atoms with Gasteiger partial charge in [-0.2, -0.15) is 0 Å². The molecule has 2 rings (SSSR count). The number of aromatic amines is 1. The number of rotatable bonds is 5. The van der Waals surface area contributed by atoms with E-state index in [0.29, 0.717) is 0 Å². The summed E-state index contributed by atoms with van der Waals surface area (Å²) in [6, 6.07) is 5.97. The Balaban J connectivity index is 1.80. The van der Waals surface area contributed by atoms with Crippen LogP contribution in [-0.2, 0) is 13.5 Å². The summed E-state index contributed by atoms with van der Waals surface area (Å²) in [4.78, 5) is 3.24. The van der Waals surface area contributed by atoms with Crippen LogP contribution in [0.15, 0.2) is 30.6 Å².